The molecule has 0 aromatic heterocycles. The van der Waals surface area contributed by atoms with Crippen molar-refractivity contribution in [2.24, 2.45) is 11.7 Å². The molecular formula is C11H22F2N2O2S. The van der Waals surface area contributed by atoms with Gasteiger partial charge in [0.1, 0.15) is 0 Å². The van der Waals surface area contributed by atoms with Crippen LogP contribution in [0.2, 0.25) is 0 Å². The predicted octanol–water partition coefficient (Wildman–Crippen LogP) is 0.608. The van der Waals surface area contributed by atoms with E-state index in [1.807, 2.05) is 6.92 Å². The van der Waals surface area contributed by atoms with E-state index in [0.29, 0.717) is 13.1 Å². The van der Waals surface area contributed by atoms with Crippen molar-refractivity contribution in [1.29, 1.82) is 0 Å². The van der Waals surface area contributed by atoms with Crippen LogP contribution in [0.25, 0.3) is 0 Å². The van der Waals surface area contributed by atoms with Crippen LogP contribution in [-0.2, 0) is 0 Å². The van der Waals surface area contributed by atoms with Crippen LogP contribution in [-0.4, -0.2) is 58.9 Å². The van der Waals surface area contributed by atoms with Crippen molar-refractivity contribution in [1.82, 2.24) is 4.90 Å². The van der Waals surface area contributed by atoms with Gasteiger partial charge in [-0.1, -0.05) is 25.6 Å². The van der Waals surface area contributed by atoms with Gasteiger partial charge in [-0.15, -0.1) is 0 Å². The molecule has 0 aromatic rings. The number of hydrogen-bond donors (Lipinski definition) is 3. The number of likely N-dealkylation sites (tertiary alicyclic amines) is 1. The van der Waals surface area contributed by atoms with Crippen LogP contribution >= 0.6 is 12.2 Å². The molecule has 0 spiro atoms. The highest BCUT2D eigenvalue weighted by Gasteiger charge is 2.39. The average molecular weight is 284 g/mol. The zero-order valence-electron chi connectivity index (χ0n) is 10.5. The predicted molar refractivity (Wildman–Crippen MR) is 70.7 cm³/mol. The molecule has 1 aliphatic heterocycles. The fourth-order valence-electron chi connectivity index (χ4n) is 1.93. The fraction of sp³-hybridized carbons (Fsp3) is 0.909. The number of nitrogens with two attached hydrogens (primary N) is 1. The Kier molecular flexibility index (Phi) is 9.35. The van der Waals surface area contributed by atoms with E-state index in [-0.39, 0.29) is 6.54 Å². The quantitative estimate of drug-likeness (QED) is 0.660. The minimum absolute atomic E-state index is 0.176. The molecule has 0 radical (unpaired) electrons. The Morgan fingerprint density at radius 3 is 2.44 bits per heavy atom. The molecule has 3 atom stereocenters. The van der Waals surface area contributed by atoms with E-state index in [4.69, 9.17) is 0 Å². The van der Waals surface area contributed by atoms with Gasteiger partial charge in [-0.05, 0) is 13.0 Å². The molecule has 0 amide bonds. The molecule has 1 rings (SSSR count). The Hall–Kier alpha value is -0.370. The molecule has 18 heavy (non-hydrogen) atoms. The zero-order valence-corrected chi connectivity index (χ0v) is 11.3. The lowest BCUT2D eigenvalue weighted by atomic mass is 9.93. The number of hydrogen-bond acceptors (Lipinski definition) is 4. The number of aliphatic hydroxyl groups excluding tert-OH is 2. The molecule has 0 aromatic carbocycles. The van der Waals surface area contributed by atoms with E-state index in [0.717, 1.165) is 18.3 Å². The van der Waals surface area contributed by atoms with Crippen molar-refractivity contribution in [3.05, 3.63) is 0 Å². The summed E-state index contributed by atoms with van der Waals surface area (Å²) in [6, 6.07) is 0. The van der Waals surface area contributed by atoms with Crippen LogP contribution in [0.1, 0.15) is 19.8 Å². The molecule has 7 heteroatoms. The van der Waals surface area contributed by atoms with Crippen molar-refractivity contribution in [3.63, 3.8) is 0 Å². The number of aliphatic hydroxyl groups is 2. The number of rotatable bonds is 4. The molecule has 4 N–H and O–H groups in total. The minimum Gasteiger partial charge on any atom is -0.396 e. The monoisotopic (exact) mass is 284 g/mol. The molecule has 0 saturated carbocycles. The maximum atomic E-state index is 12.5. The number of unbranched alkanes of at least 4 members (excludes halogenated alkanes) is 1. The second-order valence-corrected chi connectivity index (χ2v) is 4.58. The first-order valence-corrected chi connectivity index (χ1v) is 6.47. The SMILES string of the molecule is CCCCN1CC(O)C(O)C(C(F)F)C1.NC=S. The largest absolute Gasteiger partial charge is 0.396 e. The zero-order chi connectivity index (χ0) is 14.1. The smallest absolute Gasteiger partial charge is 0.245 e. The maximum absolute atomic E-state index is 12.5. The summed E-state index contributed by atoms with van der Waals surface area (Å²) in [7, 11) is 0. The Morgan fingerprint density at radius 1 is 1.44 bits per heavy atom. The summed E-state index contributed by atoms with van der Waals surface area (Å²) in [5, 5.41) is 18.8. The molecule has 108 valence electrons. The van der Waals surface area contributed by atoms with Crippen molar-refractivity contribution in [2.75, 3.05) is 19.6 Å². The van der Waals surface area contributed by atoms with Crippen molar-refractivity contribution < 1.29 is 19.0 Å². The summed E-state index contributed by atoms with van der Waals surface area (Å²) in [4.78, 5) is 1.80. The number of piperidine rings is 1. The summed E-state index contributed by atoms with van der Waals surface area (Å²) in [5.74, 6) is -1.12. The highest BCUT2D eigenvalue weighted by Crippen LogP contribution is 2.23. The summed E-state index contributed by atoms with van der Waals surface area (Å²) < 4.78 is 25.1. The minimum atomic E-state index is -2.57. The van der Waals surface area contributed by atoms with Gasteiger partial charge in [0, 0.05) is 13.1 Å². The van der Waals surface area contributed by atoms with Crippen LogP contribution in [0.5, 0.6) is 0 Å². The van der Waals surface area contributed by atoms with Gasteiger partial charge in [0.15, 0.2) is 0 Å². The number of alkyl halides is 2. The normalized spacial score (nSPS) is 28.7. The highest BCUT2D eigenvalue weighted by molar-refractivity contribution is 7.78. The second kappa shape index (κ2) is 9.55. The maximum Gasteiger partial charge on any atom is 0.245 e. The van der Waals surface area contributed by atoms with E-state index in [9.17, 15) is 19.0 Å². The molecule has 0 aliphatic carbocycles. The third-order valence-electron chi connectivity index (χ3n) is 2.90. The van der Waals surface area contributed by atoms with Gasteiger partial charge in [-0.25, -0.2) is 8.78 Å². The van der Waals surface area contributed by atoms with Gasteiger partial charge in [-0.2, -0.15) is 0 Å². The van der Waals surface area contributed by atoms with Gasteiger partial charge >= 0.3 is 0 Å². The van der Waals surface area contributed by atoms with Crippen LogP contribution in [0, 0.1) is 5.92 Å². The molecule has 0 bridgehead atoms. The van der Waals surface area contributed by atoms with Gasteiger partial charge in [0.05, 0.1) is 23.6 Å². The van der Waals surface area contributed by atoms with Gasteiger partial charge < -0.3 is 20.8 Å². The van der Waals surface area contributed by atoms with E-state index < -0.39 is 24.6 Å². The van der Waals surface area contributed by atoms with E-state index in [1.165, 1.54) is 0 Å². The van der Waals surface area contributed by atoms with E-state index in [2.05, 4.69) is 18.0 Å². The number of halogens is 2. The second-order valence-electron chi connectivity index (χ2n) is 4.31. The molecule has 1 fully saturated rings. The molecular weight excluding hydrogens is 262 g/mol. The first kappa shape index (κ1) is 17.6. The molecule has 3 unspecified atom stereocenters. The highest BCUT2D eigenvalue weighted by atomic mass is 32.1. The first-order valence-electron chi connectivity index (χ1n) is 5.99. The topological polar surface area (TPSA) is 69.7 Å². The lowest BCUT2D eigenvalue weighted by Crippen LogP contribution is -2.54. The van der Waals surface area contributed by atoms with Crippen LogP contribution in [0.15, 0.2) is 0 Å². The fourth-order valence-corrected chi connectivity index (χ4v) is 1.93. The third-order valence-corrected chi connectivity index (χ3v) is 2.90. The summed E-state index contributed by atoms with van der Waals surface area (Å²) in [5.41, 5.74) is 5.62. The summed E-state index contributed by atoms with van der Waals surface area (Å²) in [6.07, 6.45) is -2.98. The molecule has 1 saturated heterocycles. The first-order chi connectivity index (χ1) is 8.47. The van der Waals surface area contributed by atoms with Crippen molar-refractivity contribution in [2.45, 2.75) is 38.4 Å². The standard InChI is InChI=1S/C10H19F2NO2.CH3NS/c1-2-3-4-13-5-7(10(11)12)9(15)8(14)6-13;2-1-3/h7-10,14-15H,2-6H2,1H3;1H,(H2,2,3). The van der Waals surface area contributed by atoms with Crippen LogP contribution in [0.4, 0.5) is 8.78 Å². The van der Waals surface area contributed by atoms with Crippen molar-refractivity contribution >= 4 is 17.7 Å². The van der Waals surface area contributed by atoms with Gasteiger partial charge in [0.25, 0.3) is 0 Å². The van der Waals surface area contributed by atoms with Crippen LogP contribution in [0.3, 0.4) is 0 Å². The Labute approximate surface area is 112 Å². The number of thiocarbonyl (C=S) groups is 1. The Morgan fingerprint density at radius 2 is 2.00 bits per heavy atom. The lowest BCUT2D eigenvalue weighted by Gasteiger charge is -2.38. The average Bonchev–Trinajstić information content (AvgIpc) is 2.31. The van der Waals surface area contributed by atoms with Crippen molar-refractivity contribution in [3.8, 4) is 0 Å². The molecule has 4 nitrogen and oxygen atoms in total. The van der Waals surface area contributed by atoms with E-state index >= 15 is 0 Å². The molecule has 1 aliphatic rings. The molecule has 1 heterocycles. The number of nitrogens with zero attached hydrogens (tertiary/aromatic N) is 1. The third kappa shape index (κ3) is 5.99. The van der Waals surface area contributed by atoms with Gasteiger partial charge in [0.2, 0.25) is 6.43 Å². The Bertz CT molecular complexity index is 235. The van der Waals surface area contributed by atoms with Crippen LogP contribution < -0.4 is 5.73 Å². The van der Waals surface area contributed by atoms with Gasteiger partial charge in [-0.3, -0.25) is 0 Å². The lowest BCUT2D eigenvalue weighted by molar-refractivity contribution is -0.116. The van der Waals surface area contributed by atoms with E-state index in [1.54, 1.807) is 4.90 Å². The summed E-state index contributed by atoms with van der Waals surface area (Å²) in [6.45, 7) is 3.21. The number of β-amino-alcohol motifs (C(OH)–C–C–N with tert-alkyl or cyclic N) is 1. The summed E-state index contributed by atoms with van der Waals surface area (Å²) >= 11 is 4.05. The Balaban J connectivity index is 0.000000873.